The number of halogens is 1. The topological polar surface area (TPSA) is 15.3 Å². The molecule has 2 nitrogen and oxygen atoms in total. The Kier molecular flexibility index (Phi) is 5.81. The monoisotopic (exact) mass is 240 g/mol. The van der Waals surface area contributed by atoms with Crippen molar-refractivity contribution in [3.05, 3.63) is 35.9 Å². The van der Waals surface area contributed by atoms with Crippen LogP contribution in [0.5, 0.6) is 0 Å². The third kappa shape index (κ3) is 3.78. The Morgan fingerprint density at radius 1 is 1.25 bits per heavy atom. The van der Waals surface area contributed by atoms with E-state index in [1.54, 1.807) is 0 Å². The molecule has 1 aliphatic rings. The van der Waals surface area contributed by atoms with Crippen LogP contribution in [-0.2, 0) is 6.54 Å². The molecule has 2 rings (SSSR count). The van der Waals surface area contributed by atoms with Crippen LogP contribution in [0.2, 0.25) is 0 Å². The van der Waals surface area contributed by atoms with E-state index >= 15 is 0 Å². The molecule has 16 heavy (non-hydrogen) atoms. The average molecular weight is 241 g/mol. The third-order valence-corrected chi connectivity index (χ3v) is 3.16. The lowest BCUT2D eigenvalue weighted by Gasteiger charge is -2.33. The third-order valence-electron chi connectivity index (χ3n) is 3.16. The van der Waals surface area contributed by atoms with Crippen molar-refractivity contribution in [2.24, 2.45) is 0 Å². The van der Waals surface area contributed by atoms with Crippen molar-refractivity contribution in [1.82, 2.24) is 10.2 Å². The first-order valence-electron chi connectivity index (χ1n) is 5.84. The Labute approximate surface area is 104 Å². The van der Waals surface area contributed by atoms with Crippen LogP contribution < -0.4 is 5.32 Å². The molecular formula is C13H21ClN2. The Morgan fingerprint density at radius 2 is 2.00 bits per heavy atom. The van der Waals surface area contributed by atoms with Crippen molar-refractivity contribution >= 4 is 12.4 Å². The summed E-state index contributed by atoms with van der Waals surface area (Å²) in [6.07, 6.45) is 4.55. The van der Waals surface area contributed by atoms with Crippen LogP contribution in [0.25, 0.3) is 0 Å². The van der Waals surface area contributed by atoms with E-state index in [4.69, 9.17) is 0 Å². The molecular weight excluding hydrogens is 220 g/mol. The number of benzene rings is 1. The van der Waals surface area contributed by atoms with Crippen molar-refractivity contribution in [2.45, 2.75) is 32.0 Å². The van der Waals surface area contributed by atoms with E-state index < -0.39 is 0 Å². The fourth-order valence-electron chi connectivity index (χ4n) is 2.16. The van der Waals surface area contributed by atoms with Gasteiger partial charge in [0.25, 0.3) is 0 Å². The van der Waals surface area contributed by atoms with Gasteiger partial charge in [-0.2, -0.15) is 0 Å². The van der Waals surface area contributed by atoms with Crippen LogP contribution in [0, 0.1) is 0 Å². The number of piperidine rings is 1. The standard InChI is InChI=1S/C13H20N2.ClH/c1-15-10-6-5-9-13(15)14-11-12-7-3-2-4-8-12;/h2-4,7-8,13-14H,5-6,9-11H2,1H3;1H. The Hall–Kier alpha value is -0.570. The van der Waals surface area contributed by atoms with Gasteiger partial charge in [0.05, 0.1) is 6.17 Å². The molecule has 1 unspecified atom stereocenters. The highest BCUT2D eigenvalue weighted by molar-refractivity contribution is 5.85. The maximum Gasteiger partial charge on any atom is 0.0597 e. The molecule has 0 bridgehead atoms. The van der Waals surface area contributed by atoms with Crippen molar-refractivity contribution in [3.8, 4) is 0 Å². The Balaban J connectivity index is 0.00000128. The highest BCUT2D eigenvalue weighted by atomic mass is 35.5. The van der Waals surface area contributed by atoms with Crippen LogP contribution in [0.15, 0.2) is 30.3 Å². The zero-order valence-corrected chi connectivity index (χ0v) is 10.7. The van der Waals surface area contributed by atoms with E-state index in [0.29, 0.717) is 6.17 Å². The first-order chi connectivity index (χ1) is 7.36. The fourth-order valence-corrected chi connectivity index (χ4v) is 2.16. The molecule has 1 N–H and O–H groups in total. The number of hydrogen-bond donors (Lipinski definition) is 1. The molecule has 1 atom stereocenters. The van der Waals surface area contributed by atoms with Crippen molar-refractivity contribution < 1.29 is 0 Å². The van der Waals surface area contributed by atoms with Gasteiger partial charge in [-0.25, -0.2) is 0 Å². The van der Waals surface area contributed by atoms with Gasteiger partial charge in [0.1, 0.15) is 0 Å². The Bertz CT molecular complexity index is 289. The molecule has 90 valence electrons. The summed E-state index contributed by atoms with van der Waals surface area (Å²) < 4.78 is 0. The molecule has 0 amide bonds. The second kappa shape index (κ2) is 6.89. The van der Waals surface area contributed by atoms with Crippen LogP contribution in [0.4, 0.5) is 0 Å². The van der Waals surface area contributed by atoms with Gasteiger partial charge >= 0.3 is 0 Å². The highest BCUT2D eigenvalue weighted by Gasteiger charge is 2.17. The van der Waals surface area contributed by atoms with Crippen LogP contribution >= 0.6 is 12.4 Å². The minimum atomic E-state index is 0. The van der Waals surface area contributed by atoms with Gasteiger partial charge in [0, 0.05) is 6.54 Å². The second-order valence-corrected chi connectivity index (χ2v) is 4.36. The van der Waals surface area contributed by atoms with Gasteiger partial charge < -0.3 is 0 Å². The molecule has 1 aromatic carbocycles. The summed E-state index contributed by atoms with van der Waals surface area (Å²) in [5.74, 6) is 0. The van der Waals surface area contributed by atoms with E-state index in [2.05, 4.69) is 47.6 Å². The lowest BCUT2D eigenvalue weighted by Crippen LogP contribution is -2.45. The summed E-state index contributed by atoms with van der Waals surface area (Å²) in [4.78, 5) is 2.42. The minimum absolute atomic E-state index is 0. The number of hydrogen-bond acceptors (Lipinski definition) is 2. The molecule has 0 aliphatic carbocycles. The highest BCUT2D eigenvalue weighted by Crippen LogP contribution is 2.13. The van der Waals surface area contributed by atoms with E-state index in [1.807, 2.05) is 0 Å². The summed E-state index contributed by atoms with van der Waals surface area (Å²) in [7, 11) is 2.21. The minimum Gasteiger partial charge on any atom is -0.298 e. The molecule has 1 fully saturated rings. The van der Waals surface area contributed by atoms with Crippen LogP contribution in [0.3, 0.4) is 0 Å². The van der Waals surface area contributed by atoms with Gasteiger partial charge in [-0.15, -0.1) is 12.4 Å². The van der Waals surface area contributed by atoms with Crippen LogP contribution in [0.1, 0.15) is 24.8 Å². The Morgan fingerprint density at radius 3 is 2.69 bits per heavy atom. The molecule has 0 aromatic heterocycles. The molecule has 0 spiro atoms. The first kappa shape index (κ1) is 13.5. The number of nitrogens with one attached hydrogen (secondary N) is 1. The molecule has 0 radical (unpaired) electrons. The largest absolute Gasteiger partial charge is 0.298 e. The first-order valence-corrected chi connectivity index (χ1v) is 5.84. The predicted molar refractivity (Wildman–Crippen MR) is 70.8 cm³/mol. The van der Waals surface area contributed by atoms with Gasteiger partial charge in [-0.05, 0) is 38.4 Å². The number of likely N-dealkylation sites (tertiary alicyclic amines) is 1. The van der Waals surface area contributed by atoms with E-state index in [0.717, 1.165) is 6.54 Å². The van der Waals surface area contributed by atoms with Crippen molar-refractivity contribution in [1.29, 1.82) is 0 Å². The average Bonchev–Trinajstić information content (AvgIpc) is 2.29. The summed E-state index contributed by atoms with van der Waals surface area (Å²) >= 11 is 0. The summed E-state index contributed by atoms with van der Waals surface area (Å²) in [5.41, 5.74) is 1.37. The predicted octanol–water partition coefficient (Wildman–Crippen LogP) is 2.64. The lowest BCUT2D eigenvalue weighted by atomic mass is 10.1. The zero-order chi connectivity index (χ0) is 10.5. The van der Waals surface area contributed by atoms with Gasteiger partial charge in [0.2, 0.25) is 0 Å². The van der Waals surface area contributed by atoms with Gasteiger partial charge in [-0.1, -0.05) is 30.3 Å². The number of nitrogens with zero attached hydrogens (tertiary/aromatic N) is 1. The van der Waals surface area contributed by atoms with E-state index in [-0.39, 0.29) is 12.4 Å². The summed E-state index contributed by atoms with van der Waals surface area (Å²) in [5, 5.41) is 3.61. The maximum atomic E-state index is 3.61. The summed E-state index contributed by atoms with van der Waals surface area (Å²) in [6.45, 7) is 2.21. The summed E-state index contributed by atoms with van der Waals surface area (Å²) in [6, 6.07) is 10.6. The molecule has 1 saturated heterocycles. The van der Waals surface area contributed by atoms with Crippen molar-refractivity contribution in [3.63, 3.8) is 0 Å². The molecule has 3 heteroatoms. The van der Waals surface area contributed by atoms with Gasteiger partial charge in [0.15, 0.2) is 0 Å². The quantitative estimate of drug-likeness (QED) is 0.874. The van der Waals surface area contributed by atoms with E-state index in [1.165, 1.54) is 31.4 Å². The lowest BCUT2D eigenvalue weighted by molar-refractivity contribution is 0.152. The second-order valence-electron chi connectivity index (χ2n) is 4.36. The maximum absolute atomic E-state index is 3.61. The van der Waals surface area contributed by atoms with Crippen molar-refractivity contribution in [2.75, 3.05) is 13.6 Å². The molecule has 1 aliphatic heterocycles. The van der Waals surface area contributed by atoms with Gasteiger partial charge in [-0.3, -0.25) is 10.2 Å². The number of rotatable bonds is 3. The zero-order valence-electron chi connectivity index (χ0n) is 9.86. The fraction of sp³-hybridized carbons (Fsp3) is 0.538. The molecule has 1 aromatic rings. The SMILES string of the molecule is CN1CCCCC1NCc1ccccc1.Cl. The van der Waals surface area contributed by atoms with E-state index in [9.17, 15) is 0 Å². The molecule has 0 saturated carbocycles. The normalized spacial score (nSPS) is 21.4. The smallest absolute Gasteiger partial charge is 0.0597 e. The van der Waals surface area contributed by atoms with Crippen LogP contribution in [-0.4, -0.2) is 24.7 Å². The molecule has 1 heterocycles.